The summed E-state index contributed by atoms with van der Waals surface area (Å²) in [6.07, 6.45) is 0. The van der Waals surface area contributed by atoms with Crippen LogP contribution in [0.2, 0.25) is 5.15 Å². The van der Waals surface area contributed by atoms with Crippen molar-refractivity contribution >= 4 is 27.3 Å². The van der Waals surface area contributed by atoms with Gasteiger partial charge in [0.1, 0.15) is 11.4 Å². The van der Waals surface area contributed by atoms with Gasteiger partial charge >= 0.3 is 15.5 Å². The molecule has 6 nitrogen and oxygen atoms in total. The van der Waals surface area contributed by atoms with Crippen LogP contribution in [0.25, 0.3) is 22.5 Å². The third-order valence-electron chi connectivity index (χ3n) is 4.54. The Morgan fingerprint density at radius 2 is 1.26 bits per heavy atom. The van der Waals surface area contributed by atoms with Crippen LogP contribution in [0.15, 0.2) is 84.9 Å². The standard InChI is InChI=1S/C23H15ClF3N3O3S/c24-21-22(33-18-13-11-17(12-14-18)30-34(31,32)23(25,26)27)29-20(16-9-5-2-6-10-16)19(28-21)15-7-3-1-4-8-15/h1-14,30H. The molecule has 1 N–H and O–H groups in total. The summed E-state index contributed by atoms with van der Waals surface area (Å²) >= 11 is 6.34. The molecule has 1 aromatic heterocycles. The average Bonchev–Trinajstić information content (AvgIpc) is 2.81. The highest BCUT2D eigenvalue weighted by atomic mass is 35.5. The minimum atomic E-state index is -5.53. The van der Waals surface area contributed by atoms with Crippen LogP contribution in [-0.2, 0) is 10.0 Å². The Morgan fingerprint density at radius 1 is 0.765 bits per heavy atom. The molecule has 0 atom stereocenters. The number of ether oxygens (including phenoxy) is 1. The van der Waals surface area contributed by atoms with E-state index in [2.05, 4.69) is 9.97 Å². The molecule has 0 fully saturated rings. The van der Waals surface area contributed by atoms with Crippen LogP contribution in [-0.4, -0.2) is 23.9 Å². The molecule has 0 radical (unpaired) electrons. The number of halogens is 4. The van der Waals surface area contributed by atoms with Crippen molar-refractivity contribution in [2.75, 3.05) is 4.72 Å². The second kappa shape index (κ2) is 9.32. The molecule has 1 heterocycles. The largest absolute Gasteiger partial charge is 0.516 e. The third kappa shape index (κ3) is 5.13. The zero-order valence-corrected chi connectivity index (χ0v) is 18.7. The fourth-order valence-electron chi connectivity index (χ4n) is 2.97. The van der Waals surface area contributed by atoms with E-state index in [9.17, 15) is 21.6 Å². The molecule has 4 aromatic rings. The maximum atomic E-state index is 12.6. The lowest BCUT2D eigenvalue weighted by Gasteiger charge is -2.14. The van der Waals surface area contributed by atoms with Gasteiger partial charge in [-0.25, -0.2) is 9.97 Å². The van der Waals surface area contributed by atoms with Gasteiger partial charge in [0.25, 0.3) is 5.88 Å². The van der Waals surface area contributed by atoms with Gasteiger partial charge < -0.3 is 4.74 Å². The van der Waals surface area contributed by atoms with Crippen LogP contribution < -0.4 is 9.46 Å². The number of hydrogen-bond donors (Lipinski definition) is 1. The summed E-state index contributed by atoms with van der Waals surface area (Å²) in [5.74, 6) is 0.140. The molecule has 3 aromatic carbocycles. The second-order valence-electron chi connectivity index (χ2n) is 6.93. The van der Waals surface area contributed by atoms with Crippen molar-refractivity contribution in [1.82, 2.24) is 9.97 Å². The van der Waals surface area contributed by atoms with Gasteiger partial charge in [0.2, 0.25) is 0 Å². The summed E-state index contributed by atoms with van der Waals surface area (Å²) in [4.78, 5) is 9.02. The molecule has 0 bridgehead atoms. The van der Waals surface area contributed by atoms with E-state index in [1.807, 2.05) is 60.7 Å². The number of hydrogen-bond acceptors (Lipinski definition) is 5. The minimum Gasteiger partial charge on any atom is -0.436 e. The predicted octanol–water partition coefficient (Wildman–Crippen LogP) is 6.52. The van der Waals surface area contributed by atoms with Gasteiger partial charge in [-0.3, -0.25) is 4.72 Å². The van der Waals surface area contributed by atoms with E-state index in [-0.39, 0.29) is 22.5 Å². The third-order valence-corrected chi connectivity index (χ3v) is 5.90. The molecule has 11 heteroatoms. The quantitative estimate of drug-likeness (QED) is 0.323. The first-order chi connectivity index (χ1) is 16.1. The number of sulfonamides is 1. The molecule has 0 saturated heterocycles. The summed E-state index contributed by atoms with van der Waals surface area (Å²) < 4.78 is 67.4. The van der Waals surface area contributed by atoms with Gasteiger partial charge in [-0.05, 0) is 24.3 Å². The van der Waals surface area contributed by atoms with Crippen LogP contribution in [0.3, 0.4) is 0 Å². The van der Waals surface area contributed by atoms with Crippen LogP contribution >= 0.6 is 11.6 Å². The Bertz CT molecular complexity index is 1400. The molecule has 34 heavy (non-hydrogen) atoms. The zero-order valence-electron chi connectivity index (χ0n) is 17.1. The molecular weight excluding hydrogens is 491 g/mol. The van der Waals surface area contributed by atoms with Crippen molar-refractivity contribution in [1.29, 1.82) is 0 Å². The molecule has 0 unspecified atom stereocenters. The minimum absolute atomic E-state index is 0.0242. The van der Waals surface area contributed by atoms with Crippen molar-refractivity contribution in [3.8, 4) is 34.1 Å². The first-order valence-electron chi connectivity index (χ1n) is 9.69. The smallest absolute Gasteiger partial charge is 0.436 e. The number of benzene rings is 3. The number of nitrogens with zero attached hydrogens (tertiary/aromatic N) is 2. The fourth-order valence-corrected chi connectivity index (χ4v) is 3.70. The normalized spacial score (nSPS) is 11.8. The molecule has 0 aliphatic heterocycles. The number of rotatable bonds is 6. The van der Waals surface area contributed by atoms with Crippen molar-refractivity contribution < 1.29 is 26.3 Å². The summed E-state index contributed by atoms with van der Waals surface area (Å²) in [6, 6.07) is 23.4. The molecule has 174 valence electrons. The predicted molar refractivity (Wildman–Crippen MR) is 123 cm³/mol. The van der Waals surface area contributed by atoms with Crippen molar-refractivity contribution in [3.05, 3.63) is 90.1 Å². The Balaban J connectivity index is 1.67. The van der Waals surface area contributed by atoms with Crippen LogP contribution in [0.5, 0.6) is 11.6 Å². The molecule has 0 amide bonds. The van der Waals surface area contributed by atoms with Crippen molar-refractivity contribution in [2.24, 2.45) is 0 Å². The average molecular weight is 506 g/mol. The van der Waals surface area contributed by atoms with Gasteiger partial charge in [-0.15, -0.1) is 0 Å². The fraction of sp³-hybridized carbons (Fsp3) is 0.0435. The van der Waals surface area contributed by atoms with Gasteiger partial charge in [0.05, 0.1) is 5.69 Å². The Kier molecular flexibility index (Phi) is 6.45. The number of alkyl halides is 3. The molecule has 0 saturated carbocycles. The van der Waals surface area contributed by atoms with Crippen LogP contribution in [0.1, 0.15) is 0 Å². The van der Waals surface area contributed by atoms with Crippen LogP contribution in [0, 0.1) is 0 Å². The first-order valence-corrected chi connectivity index (χ1v) is 11.6. The van der Waals surface area contributed by atoms with Crippen molar-refractivity contribution in [3.63, 3.8) is 0 Å². The number of anilines is 1. The van der Waals surface area contributed by atoms with Gasteiger partial charge in [0, 0.05) is 16.8 Å². The van der Waals surface area contributed by atoms with E-state index < -0.39 is 15.5 Å². The Morgan fingerprint density at radius 3 is 1.76 bits per heavy atom. The van der Waals surface area contributed by atoms with E-state index in [0.717, 1.165) is 23.3 Å². The highest BCUT2D eigenvalue weighted by Crippen LogP contribution is 2.36. The van der Waals surface area contributed by atoms with E-state index >= 15 is 0 Å². The Labute approximate surface area is 198 Å². The molecule has 0 spiro atoms. The zero-order chi connectivity index (χ0) is 24.3. The lowest BCUT2D eigenvalue weighted by molar-refractivity contribution is -0.0429. The monoisotopic (exact) mass is 505 g/mol. The van der Waals surface area contributed by atoms with E-state index in [1.165, 1.54) is 16.9 Å². The van der Waals surface area contributed by atoms with E-state index in [0.29, 0.717) is 11.4 Å². The second-order valence-corrected chi connectivity index (χ2v) is 8.96. The molecule has 4 rings (SSSR count). The van der Waals surface area contributed by atoms with E-state index in [1.54, 1.807) is 0 Å². The van der Waals surface area contributed by atoms with Gasteiger partial charge in [-0.2, -0.15) is 21.6 Å². The number of aromatic nitrogens is 2. The van der Waals surface area contributed by atoms with Crippen LogP contribution in [0.4, 0.5) is 18.9 Å². The summed E-state index contributed by atoms with van der Waals surface area (Å²) in [5.41, 5.74) is -3.09. The molecule has 0 aliphatic rings. The first kappa shape index (κ1) is 23.5. The molecule has 0 aliphatic carbocycles. The summed E-state index contributed by atoms with van der Waals surface area (Å²) in [7, 11) is -5.53. The highest BCUT2D eigenvalue weighted by molar-refractivity contribution is 7.93. The highest BCUT2D eigenvalue weighted by Gasteiger charge is 2.46. The number of nitrogens with one attached hydrogen (secondary N) is 1. The summed E-state index contributed by atoms with van der Waals surface area (Å²) in [5, 5.41) is -0.0274. The van der Waals surface area contributed by atoms with Gasteiger partial charge in [-0.1, -0.05) is 72.3 Å². The SMILES string of the molecule is O=S(=O)(Nc1ccc(Oc2nc(-c3ccccc3)c(-c3ccccc3)nc2Cl)cc1)C(F)(F)F. The lowest BCUT2D eigenvalue weighted by atomic mass is 10.0. The maximum absolute atomic E-state index is 12.6. The Hall–Kier alpha value is -3.63. The molecular formula is C23H15ClF3N3O3S. The lowest BCUT2D eigenvalue weighted by Crippen LogP contribution is -2.29. The van der Waals surface area contributed by atoms with Gasteiger partial charge in [0.15, 0.2) is 5.15 Å². The topological polar surface area (TPSA) is 81.2 Å². The maximum Gasteiger partial charge on any atom is 0.516 e. The van der Waals surface area contributed by atoms with E-state index in [4.69, 9.17) is 16.3 Å². The summed E-state index contributed by atoms with van der Waals surface area (Å²) in [6.45, 7) is 0. The van der Waals surface area contributed by atoms with Crippen molar-refractivity contribution in [2.45, 2.75) is 5.51 Å².